The van der Waals surface area contributed by atoms with Crippen molar-refractivity contribution in [2.45, 2.75) is 94.7 Å². The van der Waals surface area contributed by atoms with Crippen LogP contribution in [0.1, 0.15) is 72.6 Å². The van der Waals surface area contributed by atoms with Crippen molar-refractivity contribution in [3.8, 4) is 0 Å². The summed E-state index contributed by atoms with van der Waals surface area (Å²) in [6.45, 7) is 17.0. The van der Waals surface area contributed by atoms with Crippen molar-refractivity contribution in [2.75, 3.05) is 26.3 Å². The Kier molecular flexibility index (Phi) is 10.9. The summed E-state index contributed by atoms with van der Waals surface area (Å²) in [5, 5.41) is 10.5. The maximum Gasteiger partial charge on any atom is 0.310 e. The minimum Gasteiger partial charge on any atom is -0.465 e. The van der Waals surface area contributed by atoms with E-state index in [1.165, 1.54) is 0 Å². The van der Waals surface area contributed by atoms with Crippen molar-refractivity contribution < 1.29 is 24.2 Å². The summed E-state index contributed by atoms with van der Waals surface area (Å²) >= 11 is 1.66. The van der Waals surface area contributed by atoms with E-state index < -0.39 is 28.7 Å². The van der Waals surface area contributed by atoms with Gasteiger partial charge in [-0.1, -0.05) is 59.1 Å². The van der Waals surface area contributed by atoms with E-state index in [0.29, 0.717) is 26.1 Å². The van der Waals surface area contributed by atoms with Crippen LogP contribution in [-0.2, 0) is 19.1 Å². The van der Waals surface area contributed by atoms with Gasteiger partial charge < -0.3 is 19.6 Å². The minimum atomic E-state index is -0.726. The Bertz CT molecular complexity index is 881. The second-order valence-electron chi connectivity index (χ2n) is 11.3. The van der Waals surface area contributed by atoms with Crippen LogP contribution in [-0.4, -0.2) is 81.1 Å². The predicted octanol–water partition coefficient (Wildman–Crippen LogP) is 4.44. The monoisotopic (exact) mass is 548 g/mol. The molecule has 214 valence electrons. The van der Waals surface area contributed by atoms with Crippen LogP contribution < -0.4 is 0 Å². The SMILES string of the molecule is C=CCCCOC(=O)[C@@H]1[C@H]2C(=O)N([C@@H](CO)[C@@H](C)CC)C(C(=O)N(CC=C)CCCCC)C23S[C@@H]1CC3C. The lowest BCUT2D eigenvalue weighted by molar-refractivity contribution is -0.155. The summed E-state index contributed by atoms with van der Waals surface area (Å²) in [4.78, 5) is 45.8. The van der Waals surface area contributed by atoms with Gasteiger partial charge in [0.1, 0.15) is 6.04 Å². The Morgan fingerprint density at radius 2 is 2.00 bits per heavy atom. The third-order valence-corrected chi connectivity index (χ3v) is 11.1. The maximum atomic E-state index is 14.5. The molecule has 0 radical (unpaired) electrons. The molecule has 0 saturated carbocycles. The molecule has 1 N–H and O–H groups in total. The molecule has 0 aliphatic carbocycles. The number of fused-ring (bicyclic) bond motifs is 1. The van der Waals surface area contributed by atoms with Crippen molar-refractivity contribution in [1.29, 1.82) is 0 Å². The van der Waals surface area contributed by atoms with Crippen molar-refractivity contribution >= 4 is 29.5 Å². The highest BCUT2D eigenvalue weighted by Crippen LogP contribution is 2.69. The molecular formula is C30H48N2O5S. The highest BCUT2D eigenvalue weighted by molar-refractivity contribution is 8.02. The van der Waals surface area contributed by atoms with E-state index in [9.17, 15) is 19.5 Å². The molecule has 1 spiro atoms. The van der Waals surface area contributed by atoms with Crippen LogP contribution in [0.3, 0.4) is 0 Å². The first-order chi connectivity index (χ1) is 18.2. The average molecular weight is 549 g/mol. The first-order valence-corrected chi connectivity index (χ1v) is 15.4. The van der Waals surface area contributed by atoms with E-state index in [1.807, 2.05) is 18.7 Å². The van der Waals surface area contributed by atoms with E-state index in [4.69, 9.17) is 4.74 Å². The largest absolute Gasteiger partial charge is 0.465 e. The molecule has 3 aliphatic rings. The molecule has 3 saturated heterocycles. The molecule has 8 atom stereocenters. The van der Waals surface area contributed by atoms with Crippen molar-refractivity contribution in [1.82, 2.24) is 9.80 Å². The zero-order chi connectivity index (χ0) is 28.0. The number of likely N-dealkylation sites (tertiary alicyclic amines) is 1. The standard InChI is InChI=1S/C30H48N2O5S/c1-7-11-13-16-31(15-9-3)28(35)26-30-21(6)18-23(38-30)24(29(36)37-17-14-12-8-2)25(30)27(34)32(26)22(19-33)20(5)10-4/h8-9,20-26,33H,2-3,7,10-19H2,1,4-6H3/t20-,21?,22-,23+,24-,25-,26?,30?/m0/s1. The summed E-state index contributed by atoms with van der Waals surface area (Å²) in [6.07, 6.45) is 9.46. The van der Waals surface area contributed by atoms with Crippen LogP contribution in [0, 0.1) is 23.7 Å². The van der Waals surface area contributed by atoms with Gasteiger partial charge in [0.2, 0.25) is 11.8 Å². The quantitative estimate of drug-likeness (QED) is 0.174. The fraction of sp³-hybridized carbons (Fsp3) is 0.767. The number of amides is 2. The number of carbonyl (C=O) groups excluding carboxylic acids is 3. The Morgan fingerprint density at radius 1 is 1.26 bits per heavy atom. The van der Waals surface area contributed by atoms with Gasteiger partial charge in [-0.25, -0.2) is 0 Å². The first-order valence-electron chi connectivity index (χ1n) is 14.5. The van der Waals surface area contributed by atoms with Gasteiger partial charge in [0.15, 0.2) is 0 Å². The number of aliphatic hydroxyl groups is 1. The molecule has 0 aromatic heterocycles. The normalized spacial score (nSPS) is 31.1. The maximum absolute atomic E-state index is 14.5. The van der Waals surface area contributed by atoms with Crippen molar-refractivity contribution in [3.05, 3.63) is 25.3 Å². The topological polar surface area (TPSA) is 87.1 Å². The number of hydrogen-bond donors (Lipinski definition) is 1. The average Bonchev–Trinajstić information content (AvgIpc) is 3.50. The zero-order valence-corrected chi connectivity index (χ0v) is 24.6. The Labute approximate surface area is 233 Å². The van der Waals surface area contributed by atoms with E-state index >= 15 is 0 Å². The number of aliphatic hydroxyl groups excluding tert-OH is 1. The molecule has 3 fully saturated rings. The molecule has 3 aliphatic heterocycles. The summed E-state index contributed by atoms with van der Waals surface area (Å²) in [6, 6.07) is -1.21. The number of esters is 1. The smallest absolute Gasteiger partial charge is 0.310 e. The highest BCUT2D eigenvalue weighted by atomic mass is 32.2. The van der Waals surface area contributed by atoms with Crippen LogP contribution in [0.25, 0.3) is 0 Å². The number of carbonyl (C=O) groups is 3. The molecule has 2 amide bonds. The fourth-order valence-corrected chi connectivity index (χ4v) is 9.24. The third kappa shape index (κ3) is 5.45. The van der Waals surface area contributed by atoms with Gasteiger partial charge in [0, 0.05) is 18.3 Å². The molecule has 0 aromatic carbocycles. The Morgan fingerprint density at radius 3 is 2.61 bits per heavy atom. The van der Waals surface area contributed by atoms with E-state index in [1.54, 1.807) is 28.8 Å². The summed E-state index contributed by atoms with van der Waals surface area (Å²) < 4.78 is 4.96. The lowest BCUT2D eigenvalue weighted by atomic mass is 9.66. The molecule has 38 heavy (non-hydrogen) atoms. The van der Waals surface area contributed by atoms with Gasteiger partial charge in [-0.15, -0.1) is 24.9 Å². The summed E-state index contributed by atoms with van der Waals surface area (Å²) in [5.41, 5.74) is 0. The van der Waals surface area contributed by atoms with Crippen LogP contribution in [0.5, 0.6) is 0 Å². The van der Waals surface area contributed by atoms with Gasteiger partial charge in [0.05, 0.1) is 35.8 Å². The Balaban J connectivity index is 2.04. The number of unbranched alkanes of at least 4 members (excludes halogenated alkanes) is 3. The van der Waals surface area contributed by atoms with Crippen LogP contribution in [0.4, 0.5) is 0 Å². The van der Waals surface area contributed by atoms with Gasteiger partial charge in [0.25, 0.3) is 0 Å². The summed E-state index contributed by atoms with van der Waals surface area (Å²) in [5.74, 6) is -1.71. The zero-order valence-electron chi connectivity index (χ0n) is 23.8. The van der Waals surface area contributed by atoms with Crippen molar-refractivity contribution in [3.63, 3.8) is 0 Å². The number of allylic oxidation sites excluding steroid dienone is 1. The molecule has 8 heteroatoms. The van der Waals surface area contributed by atoms with Gasteiger partial charge in [-0.3, -0.25) is 14.4 Å². The first kappa shape index (κ1) is 30.7. The van der Waals surface area contributed by atoms with Gasteiger partial charge >= 0.3 is 5.97 Å². The van der Waals surface area contributed by atoms with Crippen molar-refractivity contribution in [2.24, 2.45) is 23.7 Å². The van der Waals surface area contributed by atoms with Crippen LogP contribution in [0.15, 0.2) is 25.3 Å². The van der Waals surface area contributed by atoms with E-state index in [-0.39, 0.29) is 41.5 Å². The second kappa shape index (κ2) is 13.5. The van der Waals surface area contributed by atoms with Crippen LogP contribution in [0.2, 0.25) is 0 Å². The number of nitrogens with zero attached hydrogens (tertiary/aromatic N) is 2. The lowest BCUT2D eigenvalue weighted by Crippen LogP contribution is -2.60. The molecule has 2 bridgehead atoms. The van der Waals surface area contributed by atoms with E-state index in [0.717, 1.165) is 38.5 Å². The number of ether oxygens (including phenoxy) is 1. The lowest BCUT2D eigenvalue weighted by Gasteiger charge is -2.43. The molecule has 3 heterocycles. The predicted molar refractivity (Wildman–Crippen MR) is 153 cm³/mol. The second-order valence-corrected chi connectivity index (χ2v) is 12.9. The highest BCUT2D eigenvalue weighted by Gasteiger charge is 2.77. The molecular weight excluding hydrogens is 500 g/mol. The minimum absolute atomic E-state index is 0.00392. The summed E-state index contributed by atoms with van der Waals surface area (Å²) in [7, 11) is 0. The van der Waals surface area contributed by atoms with Crippen LogP contribution >= 0.6 is 11.8 Å². The van der Waals surface area contributed by atoms with Gasteiger partial charge in [-0.2, -0.15) is 0 Å². The number of hydrogen-bond acceptors (Lipinski definition) is 6. The van der Waals surface area contributed by atoms with E-state index in [2.05, 4.69) is 27.0 Å². The number of thioether (sulfide) groups is 1. The number of rotatable bonds is 16. The molecule has 3 rings (SSSR count). The molecule has 3 unspecified atom stereocenters. The fourth-order valence-electron chi connectivity index (χ4n) is 6.85. The Hall–Kier alpha value is -1.80. The molecule has 7 nitrogen and oxygen atoms in total. The third-order valence-electron chi connectivity index (χ3n) is 9.02. The molecule has 0 aromatic rings. The van der Waals surface area contributed by atoms with Gasteiger partial charge in [-0.05, 0) is 37.5 Å².